The Morgan fingerprint density at radius 1 is 1.11 bits per heavy atom. The number of nitrogens with zero attached hydrogens (tertiary/aromatic N) is 3. The third-order valence-electron chi connectivity index (χ3n) is 3.65. The summed E-state index contributed by atoms with van der Waals surface area (Å²) in [6.45, 7) is 2.54. The first kappa shape index (κ1) is 18.8. The molecule has 3 rings (SSSR count). The van der Waals surface area contributed by atoms with Crippen molar-refractivity contribution >= 4 is 23.4 Å². The molecule has 140 valence electrons. The van der Waals surface area contributed by atoms with Crippen molar-refractivity contribution in [1.82, 2.24) is 14.8 Å². The van der Waals surface area contributed by atoms with Crippen LogP contribution in [0, 0.1) is 0 Å². The summed E-state index contributed by atoms with van der Waals surface area (Å²) in [4.78, 5) is 12.2. The number of amides is 1. The van der Waals surface area contributed by atoms with E-state index in [1.54, 1.807) is 13.4 Å². The number of thioether (sulfide) groups is 1. The molecule has 8 heteroatoms. The minimum atomic E-state index is -0.117. The van der Waals surface area contributed by atoms with Crippen molar-refractivity contribution < 1.29 is 14.3 Å². The summed E-state index contributed by atoms with van der Waals surface area (Å²) >= 11 is 1.32. The summed E-state index contributed by atoms with van der Waals surface area (Å²) in [7, 11) is 1.62. The number of methoxy groups -OCH3 is 1. The molecule has 27 heavy (non-hydrogen) atoms. The van der Waals surface area contributed by atoms with Gasteiger partial charge in [-0.1, -0.05) is 11.8 Å². The number of aromatic nitrogens is 3. The number of nitrogens with one attached hydrogen (secondary N) is 1. The van der Waals surface area contributed by atoms with Crippen LogP contribution in [0.15, 0.2) is 60.0 Å². The first-order chi connectivity index (χ1) is 13.2. The maximum absolute atomic E-state index is 12.2. The van der Waals surface area contributed by atoms with Gasteiger partial charge in [0.05, 0.1) is 19.5 Å². The fraction of sp³-hybridized carbons (Fsp3) is 0.211. The Balaban J connectivity index is 1.58. The van der Waals surface area contributed by atoms with Gasteiger partial charge in [-0.3, -0.25) is 9.36 Å². The number of carbonyl (C=O) groups is 1. The fourth-order valence-electron chi connectivity index (χ4n) is 2.37. The number of benzene rings is 2. The Hall–Kier alpha value is -3.00. The van der Waals surface area contributed by atoms with Crippen LogP contribution in [0.1, 0.15) is 6.92 Å². The highest BCUT2D eigenvalue weighted by Crippen LogP contribution is 2.22. The zero-order valence-corrected chi connectivity index (χ0v) is 15.9. The normalized spacial score (nSPS) is 10.4. The average Bonchev–Trinajstić information content (AvgIpc) is 3.17. The predicted octanol–water partition coefficient (Wildman–Crippen LogP) is 3.41. The van der Waals surface area contributed by atoms with E-state index in [-0.39, 0.29) is 11.7 Å². The summed E-state index contributed by atoms with van der Waals surface area (Å²) < 4.78 is 12.4. The van der Waals surface area contributed by atoms with E-state index in [4.69, 9.17) is 9.47 Å². The molecule has 0 radical (unpaired) electrons. The van der Waals surface area contributed by atoms with Gasteiger partial charge < -0.3 is 14.8 Å². The van der Waals surface area contributed by atoms with E-state index in [1.807, 2.05) is 60.0 Å². The zero-order chi connectivity index (χ0) is 19.1. The smallest absolute Gasteiger partial charge is 0.234 e. The lowest BCUT2D eigenvalue weighted by molar-refractivity contribution is -0.113. The summed E-state index contributed by atoms with van der Waals surface area (Å²) in [5.41, 5.74) is 1.62. The number of hydrogen-bond donors (Lipinski definition) is 1. The maximum atomic E-state index is 12.2. The van der Waals surface area contributed by atoms with Gasteiger partial charge in [0.2, 0.25) is 5.91 Å². The van der Waals surface area contributed by atoms with Gasteiger partial charge in [-0.05, 0) is 55.5 Å². The summed E-state index contributed by atoms with van der Waals surface area (Å²) in [6, 6.07) is 14.8. The van der Waals surface area contributed by atoms with Gasteiger partial charge in [0.1, 0.15) is 17.8 Å². The van der Waals surface area contributed by atoms with Gasteiger partial charge in [-0.15, -0.1) is 10.2 Å². The minimum absolute atomic E-state index is 0.117. The molecule has 0 atom stereocenters. The molecule has 0 unspecified atom stereocenters. The second kappa shape index (κ2) is 9.09. The van der Waals surface area contributed by atoms with Gasteiger partial charge in [-0.2, -0.15) is 0 Å². The van der Waals surface area contributed by atoms with E-state index in [0.717, 1.165) is 22.9 Å². The molecule has 0 saturated heterocycles. The molecule has 1 heterocycles. The Morgan fingerprint density at radius 2 is 1.81 bits per heavy atom. The molecule has 1 aromatic heterocycles. The monoisotopic (exact) mass is 384 g/mol. The Bertz CT molecular complexity index is 879. The third kappa shape index (κ3) is 5.01. The van der Waals surface area contributed by atoms with Gasteiger partial charge in [0.15, 0.2) is 5.16 Å². The molecular weight excluding hydrogens is 364 g/mol. The number of anilines is 1. The lowest BCUT2D eigenvalue weighted by Crippen LogP contribution is -2.14. The van der Waals surface area contributed by atoms with E-state index in [0.29, 0.717) is 11.8 Å². The molecule has 0 aliphatic heterocycles. The summed E-state index contributed by atoms with van der Waals surface area (Å²) in [6.07, 6.45) is 1.62. The largest absolute Gasteiger partial charge is 0.497 e. The maximum Gasteiger partial charge on any atom is 0.234 e. The Morgan fingerprint density at radius 3 is 2.48 bits per heavy atom. The number of carbonyl (C=O) groups excluding carboxylic acids is 1. The van der Waals surface area contributed by atoms with Crippen LogP contribution in [0.3, 0.4) is 0 Å². The fourth-order valence-corrected chi connectivity index (χ4v) is 3.10. The molecule has 0 bridgehead atoms. The summed E-state index contributed by atoms with van der Waals surface area (Å²) in [5, 5.41) is 11.5. The number of rotatable bonds is 8. The quantitative estimate of drug-likeness (QED) is 0.600. The van der Waals surface area contributed by atoms with E-state index in [2.05, 4.69) is 15.5 Å². The SMILES string of the molecule is CCOc1ccc(NC(=O)CSc2nncn2-c2ccc(OC)cc2)cc1. The van der Waals surface area contributed by atoms with Crippen LogP contribution in [-0.4, -0.2) is 40.1 Å². The van der Waals surface area contributed by atoms with Crippen LogP contribution >= 0.6 is 11.8 Å². The number of hydrogen-bond acceptors (Lipinski definition) is 6. The number of ether oxygens (including phenoxy) is 2. The van der Waals surface area contributed by atoms with E-state index < -0.39 is 0 Å². The van der Waals surface area contributed by atoms with Crippen LogP contribution in [0.5, 0.6) is 11.5 Å². The average molecular weight is 384 g/mol. The van der Waals surface area contributed by atoms with E-state index in [1.165, 1.54) is 11.8 Å². The second-order valence-electron chi connectivity index (χ2n) is 5.48. The second-order valence-corrected chi connectivity index (χ2v) is 6.42. The van der Waals surface area contributed by atoms with Crippen molar-refractivity contribution in [3.8, 4) is 17.2 Å². The molecule has 1 amide bonds. The highest BCUT2D eigenvalue weighted by molar-refractivity contribution is 7.99. The zero-order valence-electron chi connectivity index (χ0n) is 15.1. The molecule has 0 fully saturated rings. The van der Waals surface area contributed by atoms with E-state index in [9.17, 15) is 4.79 Å². The van der Waals surface area contributed by atoms with Gasteiger partial charge in [0, 0.05) is 11.4 Å². The van der Waals surface area contributed by atoms with Crippen LogP contribution < -0.4 is 14.8 Å². The molecule has 0 aliphatic carbocycles. The van der Waals surface area contributed by atoms with Crippen molar-refractivity contribution in [2.24, 2.45) is 0 Å². The standard InChI is InChI=1S/C19H20N4O3S/c1-3-26-17-8-4-14(5-9-17)21-18(24)12-27-19-22-20-13-23(19)15-6-10-16(25-2)11-7-15/h4-11,13H,3,12H2,1-2H3,(H,21,24). The molecule has 0 aliphatic rings. The van der Waals surface area contributed by atoms with Crippen molar-refractivity contribution in [1.29, 1.82) is 0 Å². The van der Waals surface area contributed by atoms with Crippen LogP contribution in [0.25, 0.3) is 5.69 Å². The highest BCUT2D eigenvalue weighted by atomic mass is 32.2. The van der Waals surface area contributed by atoms with Crippen molar-refractivity contribution in [3.05, 3.63) is 54.9 Å². The molecule has 0 saturated carbocycles. The lowest BCUT2D eigenvalue weighted by Gasteiger charge is -2.08. The van der Waals surface area contributed by atoms with Gasteiger partial charge in [0.25, 0.3) is 0 Å². The minimum Gasteiger partial charge on any atom is -0.497 e. The Kier molecular flexibility index (Phi) is 6.32. The summed E-state index contributed by atoms with van der Waals surface area (Å²) in [5.74, 6) is 1.66. The topological polar surface area (TPSA) is 78.3 Å². The van der Waals surface area contributed by atoms with Gasteiger partial charge in [-0.25, -0.2) is 0 Å². The lowest BCUT2D eigenvalue weighted by atomic mass is 10.3. The third-order valence-corrected chi connectivity index (χ3v) is 4.59. The van der Waals surface area contributed by atoms with E-state index >= 15 is 0 Å². The Labute approximate surface area is 161 Å². The molecule has 7 nitrogen and oxygen atoms in total. The molecule has 0 spiro atoms. The van der Waals surface area contributed by atoms with Crippen LogP contribution in [-0.2, 0) is 4.79 Å². The van der Waals surface area contributed by atoms with Crippen LogP contribution in [0.4, 0.5) is 5.69 Å². The first-order valence-electron chi connectivity index (χ1n) is 8.39. The molecular formula is C19H20N4O3S. The van der Waals surface area contributed by atoms with Crippen molar-refractivity contribution in [2.45, 2.75) is 12.1 Å². The molecule has 3 aromatic rings. The molecule has 2 aromatic carbocycles. The predicted molar refractivity (Wildman–Crippen MR) is 105 cm³/mol. The first-order valence-corrected chi connectivity index (χ1v) is 9.38. The molecule has 1 N–H and O–H groups in total. The van der Waals surface area contributed by atoms with Crippen molar-refractivity contribution in [2.75, 3.05) is 24.8 Å². The van der Waals surface area contributed by atoms with Gasteiger partial charge >= 0.3 is 0 Å². The highest BCUT2D eigenvalue weighted by Gasteiger charge is 2.11. The van der Waals surface area contributed by atoms with Crippen molar-refractivity contribution in [3.63, 3.8) is 0 Å². The van der Waals surface area contributed by atoms with Crippen LogP contribution in [0.2, 0.25) is 0 Å².